The molecule has 5 rings (SSSR count). The lowest BCUT2D eigenvalue weighted by molar-refractivity contribution is -0.138. The summed E-state index contributed by atoms with van der Waals surface area (Å²) in [5, 5.41) is 9.21. The van der Waals surface area contributed by atoms with Gasteiger partial charge in [0.15, 0.2) is 0 Å². The summed E-state index contributed by atoms with van der Waals surface area (Å²) in [4.78, 5) is 27.3. The Labute approximate surface area is 232 Å². The summed E-state index contributed by atoms with van der Waals surface area (Å²) < 4.78 is 60.8. The van der Waals surface area contributed by atoms with Gasteiger partial charge in [0.05, 0.1) is 22.7 Å². The molecule has 6 nitrogen and oxygen atoms in total. The number of alkyl halides is 3. The van der Waals surface area contributed by atoms with Crippen molar-refractivity contribution in [1.29, 1.82) is 0 Å². The molecule has 2 fully saturated rings. The number of ether oxygens (including phenoxy) is 1. The summed E-state index contributed by atoms with van der Waals surface area (Å²) in [5.41, 5.74) is 0.514. The Balaban J connectivity index is 1.35. The molecule has 3 aromatic rings. The molecule has 3 aromatic carbocycles. The highest BCUT2D eigenvalue weighted by molar-refractivity contribution is 6.33. The summed E-state index contributed by atoms with van der Waals surface area (Å²) in [6, 6.07) is 12.3. The van der Waals surface area contributed by atoms with Crippen LogP contribution in [0.5, 0.6) is 0 Å². The Morgan fingerprint density at radius 1 is 1.05 bits per heavy atom. The molecule has 0 atom stereocenters. The maximum absolute atomic E-state index is 13.8. The topological polar surface area (TPSA) is 70.1 Å². The Morgan fingerprint density at radius 2 is 1.73 bits per heavy atom. The molecular formula is C29H25ClF4N2O4. The number of carboxylic acids is 1. The van der Waals surface area contributed by atoms with Gasteiger partial charge in [0.25, 0.3) is 0 Å². The normalized spacial score (nSPS) is 17.4. The number of rotatable bonds is 5. The van der Waals surface area contributed by atoms with Gasteiger partial charge in [0, 0.05) is 43.7 Å². The fourth-order valence-corrected chi connectivity index (χ4v) is 5.64. The molecule has 1 N–H and O–H groups in total. The first-order valence-corrected chi connectivity index (χ1v) is 13.0. The van der Waals surface area contributed by atoms with E-state index < -0.39 is 35.2 Å². The van der Waals surface area contributed by atoms with Crippen LogP contribution < -0.4 is 4.90 Å². The van der Waals surface area contributed by atoms with E-state index in [0.717, 1.165) is 12.1 Å². The van der Waals surface area contributed by atoms with E-state index in [4.69, 9.17) is 21.4 Å². The van der Waals surface area contributed by atoms with Crippen LogP contribution in [0.3, 0.4) is 0 Å². The highest BCUT2D eigenvalue weighted by Crippen LogP contribution is 2.40. The summed E-state index contributed by atoms with van der Waals surface area (Å²) >= 11 is 6.29. The minimum atomic E-state index is -4.54. The molecule has 2 saturated heterocycles. The van der Waals surface area contributed by atoms with Gasteiger partial charge in [-0.25, -0.2) is 14.0 Å². The van der Waals surface area contributed by atoms with Crippen LogP contribution >= 0.6 is 11.6 Å². The van der Waals surface area contributed by atoms with Gasteiger partial charge in [-0.3, -0.25) is 9.80 Å². The second kappa shape index (κ2) is 10.4. The van der Waals surface area contributed by atoms with Crippen molar-refractivity contribution in [2.24, 2.45) is 0 Å². The molecule has 210 valence electrons. The van der Waals surface area contributed by atoms with Gasteiger partial charge in [-0.15, -0.1) is 0 Å². The number of halogens is 5. The number of hydrogen-bond acceptors (Lipinski definition) is 4. The molecule has 0 bridgehead atoms. The third-order valence-corrected chi connectivity index (χ3v) is 7.85. The zero-order valence-corrected chi connectivity index (χ0v) is 22.2. The Morgan fingerprint density at radius 3 is 2.33 bits per heavy atom. The fraction of sp³-hybridized carbons (Fsp3) is 0.310. The van der Waals surface area contributed by atoms with E-state index in [0.29, 0.717) is 48.3 Å². The Bertz CT molecular complexity index is 1470. The van der Waals surface area contributed by atoms with Crippen LogP contribution in [-0.2, 0) is 17.5 Å². The van der Waals surface area contributed by atoms with Gasteiger partial charge < -0.3 is 9.84 Å². The van der Waals surface area contributed by atoms with Crippen molar-refractivity contribution in [1.82, 2.24) is 4.90 Å². The molecule has 0 aliphatic carbocycles. The van der Waals surface area contributed by atoms with Crippen molar-refractivity contribution in [3.63, 3.8) is 0 Å². The first-order valence-electron chi connectivity index (χ1n) is 12.6. The van der Waals surface area contributed by atoms with Gasteiger partial charge in [0.2, 0.25) is 0 Å². The molecule has 2 aliphatic rings. The quantitative estimate of drug-likeness (QED) is 0.326. The lowest BCUT2D eigenvalue weighted by Crippen LogP contribution is -2.46. The summed E-state index contributed by atoms with van der Waals surface area (Å²) in [6.45, 7) is 2.78. The molecular weight excluding hydrogens is 552 g/mol. The number of nitrogens with zero attached hydrogens (tertiary/aromatic N) is 2. The van der Waals surface area contributed by atoms with Crippen molar-refractivity contribution >= 4 is 29.4 Å². The largest absolute Gasteiger partial charge is 0.478 e. The third kappa shape index (κ3) is 5.51. The smallest absolute Gasteiger partial charge is 0.416 e. The number of carboxylic acid groups (broad SMARTS) is 1. The van der Waals surface area contributed by atoms with E-state index in [9.17, 15) is 27.2 Å². The number of likely N-dealkylation sites (tertiary alicyclic amines) is 1. The number of carbonyl (C=O) groups excluding carboxylic acids is 1. The van der Waals surface area contributed by atoms with E-state index in [1.807, 2.05) is 4.90 Å². The average molecular weight is 577 g/mol. The average Bonchev–Trinajstić information content (AvgIpc) is 3.21. The van der Waals surface area contributed by atoms with E-state index >= 15 is 0 Å². The van der Waals surface area contributed by atoms with Gasteiger partial charge in [-0.05, 0) is 72.1 Å². The highest BCUT2D eigenvalue weighted by Gasteiger charge is 2.47. The molecule has 0 radical (unpaired) electrons. The van der Waals surface area contributed by atoms with Crippen molar-refractivity contribution in [3.8, 4) is 11.1 Å². The molecule has 0 aromatic heterocycles. The first-order chi connectivity index (χ1) is 18.8. The summed E-state index contributed by atoms with van der Waals surface area (Å²) in [5.74, 6) is -1.61. The Hall–Kier alpha value is -3.63. The van der Waals surface area contributed by atoms with E-state index in [1.165, 1.54) is 42.2 Å². The van der Waals surface area contributed by atoms with Crippen LogP contribution in [0.2, 0.25) is 5.02 Å². The number of hydrogen-bond donors (Lipinski definition) is 1. The highest BCUT2D eigenvalue weighted by atomic mass is 35.5. The summed E-state index contributed by atoms with van der Waals surface area (Å²) in [7, 11) is 0. The van der Waals surface area contributed by atoms with Gasteiger partial charge in [0.1, 0.15) is 11.4 Å². The predicted octanol–water partition coefficient (Wildman–Crippen LogP) is 7.16. The van der Waals surface area contributed by atoms with Crippen molar-refractivity contribution < 1.29 is 37.0 Å². The second-order valence-corrected chi connectivity index (χ2v) is 10.6. The minimum absolute atomic E-state index is 0.0404. The predicted molar refractivity (Wildman–Crippen MR) is 141 cm³/mol. The van der Waals surface area contributed by atoms with Crippen LogP contribution in [0.1, 0.15) is 39.9 Å². The first kappa shape index (κ1) is 27.9. The standard InChI is InChI=1S/C29H25ClF4N2O4/c1-17-12-23(22-7-4-20(31)14-25(22)30)19(13-24(17)29(32,33)34)15-35-10-8-28(9-11-35)16-36(27(39)40-28)21-5-2-18(3-6-21)26(37)38/h2-7,12-14H,8-11,15-16H2,1H3,(H,37,38). The Kier molecular flexibility index (Phi) is 7.26. The SMILES string of the molecule is Cc1cc(-c2ccc(F)cc2Cl)c(CN2CCC3(CC2)CN(c2ccc(C(=O)O)cc2)C(=O)O3)cc1C(F)(F)F. The lowest BCUT2D eigenvalue weighted by atomic mass is 9.89. The molecule has 2 aliphatic heterocycles. The van der Waals surface area contributed by atoms with Gasteiger partial charge in [-0.2, -0.15) is 13.2 Å². The van der Waals surface area contributed by atoms with Crippen molar-refractivity contribution in [2.45, 2.75) is 38.1 Å². The van der Waals surface area contributed by atoms with Crippen LogP contribution in [0.25, 0.3) is 11.1 Å². The van der Waals surface area contributed by atoms with Crippen LogP contribution in [0.15, 0.2) is 54.6 Å². The van der Waals surface area contributed by atoms with E-state index in [-0.39, 0.29) is 29.2 Å². The lowest BCUT2D eigenvalue weighted by Gasteiger charge is -2.37. The molecule has 2 heterocycles. The molecule has 0 saturated carbocycles. The number of aryl methyl sites for hydroxylation is 1. The van der Waals surface area contributed by atoms with E-state index in [1.54, 1.807) is 12.1 Å². The maximum atomic E-state index is 13.8. The minimum Gasteiger partial charge on any atom is -0.478 e. The number of aromatic carboxylic acids is 1. The van der Waals surface area contributed by atoms with Crippen LogP contribution in [-0.4, -0.2) is 47.3 Å². The monoisotopic (exact) mass is 576 g/mol. The zero-order valence-electron chi connectivity index (χ0n) is 21.4. The molecule has 1 amide bonds. The number of amides is 1. The number of anilines is 1. The van der Waals surface area contributed by atoms with Crippen molar-refractivity contribution in [3.05, 3.63) is 87.7 Å². The molecule has 1 spiro atoms. The fourth-order valence-electron chi connectivity index (χ4n) is 5.37. The number of carbonyl (C=O) groups is 2. The third-order valence-electron chi connectivity index (χ3n) is 7.53. The molecule has 40 heavy (non-hydrogen) atoms. The zero-order chi connectivity index (χ0) is 28.8. The molecule has 0 unspecified atom stereocenters. The number of piperidine rings is 1. The van der Waals surface area contributed by atoms with E-state index in [2.05, 4.69) is 0 Å². The van der Waals surface area contributed by atoms with Crippen molar-refractivity contribution in [2.75, 3.05) is 24.5 Å². The van der Waals surface area contributed by atoms with Crippen LogP contribution in [0, 0.1) is 12.7 Å². The van der Waals surface area contributed by atoms with Gasteiger partial charge >= 0.3 is 18.2 Å². The number of benzene rings is 3. The summed E-state index contributed by atoms with van der Waals surface area (Å²) in [6.07, 6.45) is -4.14. The van der Waals surface area contributed by atoms with Crippen LogP contribution in [0.4, 0.5) is 28.0 Å². The maximum Gasteiger partial charge on any atom is 0.416 e. The molecule has 11 heteroatoms. The van der Waals surface area contributed by atoms with Gasteiger partial charge in [-0.1, -0.05) is 17.7 Å². The second-order valence-electron chi connectivity index (χ2n) is 10.2.